The third kappa shape index (κ3) is 3.79. The normalized spacial score (nSPS) is 16.0. The van der Waals surface area contributed by atoms with Gasteiger partial charge in [0.1, 0.15) is 0 Å². The average molecular weight is 412 g/mol. The van der Waals surface area contributed by atoms with Gasteiger partial charge >= 0.3 is 36.0 Å². The lowest BCUT2D eigenvalue weighted by Gasteiger charge is -2.41. The molecule has 0 aliphatic heterocycles. The van der Waals surface area contributed by atoms with E-state index in [1.54, 1.807) is 0 Å². The molecule has 0 spiro atoms. The molecule has 0 aromatic carbocycles. The molecule has 0 nitrogen and oxygen atoms in total. The van der Waals surface area contributed by atoms with Crippen molar-refractivity contribution in [1.82, 2.24) is 0 Å². The van der Waals surface area contributed by atoms with Crippen molar-refractivity contribution in [2.24, 2.45) is 5.92 Å². The first kappa shape index (κ1) is 23.4. The molecule has 0 heterocycles. The summed E-state index contributed by atoms with van der Waals surface area (Å²) in [5.74, 6) is -35.9. The molecule has 24 heavy (non-hydrogen) atoms. The number of hydrogen-bond acceptors (Lipinski definition) is 1. The lowest BCUT2D eigenvalue weighted by atomic mass is 9.82. The van der Waals surface area contributed by atoms with Crippen LogP contribution in [-0.4, -0.2) is 41.8 Å². The van der Waals surface area contributed by atoms with E-state index in [0.717, 1.165) is 0 Å². The van der Waals surface area contributed by atoms with Gasteiger partial charge in [0.15, 0.2) is 5.92 Å². The summed E-state index contributed by atoms with van der Waals surface area (Å²) in [6, 6.07) is 0. The minimum Gasteiger partial charge on any atom is -0.200 e. The molecular weight excluding hydrogens is 406 g/mol. The van der Waals surface area contributed by atoms with Crippen LogP contribution < -0.4 is 0 Å². The second kappa shape index (κ2) is 6.27. The Hall–Kier alpha value is -0.630. The molecule has 0 aromatic heterocycles. The smallest absolute Gasteiger partial charge is 0.200 e. The third-order valence-electron chi connectivity index (χ3n) is 2.76. The zero-order chi connectivity index (χ0) is 20.0. The molecule has 0 rings (SSSR count). The molecule has 0 atom stereocenters. The minimum absolute atomic E-state index is 1.33. The lowest BCUT2D eigenvalue weighted by molar-refractivity contribution is -0.420. The summed E-state index contributed by atoms with van der Waals surface area (Å²) in [5.41, 5.74) is 0. The summed E-state index contributed by atoms with van der Waals surface area (Å²) in [6.07, 6.45) is -17.1. The lowest BCUT2D eigenvalue weighted by Crippen LogP contribution is -2.66. The summed E-state index contributed by atoms with van der Waals surface area (Å²) >= 11 is 2.94. The van der Waals surface area contributed by atoms with E-state index in [1.807, 2.05) is 0 Å². The van der Waals surface area contributed by atoms with Crippen LogP contribution in [-0.2, 0) is 0 Å². The molecule has 0 aromatic rings. The maximum atomic E-state index is 13.4. The maximum absolute atomic E-state index is 13.4. The molecule has 0 radical (unpaired) electrons. The van der Waals surface area contributed by atoms with Crippen molar-refractivity contribution in [2.45, 2.75) is 42.5 Å². The van der Waals surface area contributed by atoms with E-state index in [1.165, 1.54) is 0 Å². The van der Waals surface area contributed by atoms with Crippen molar-refractivity contribution in [2.75, 3.05) is 5.75 Å². The van der Waals surface area contributed by atoms with E-state index in [4.69, 9.17) is 0 Å². The highest BCUT2D eigenvalue weighted by Crippen LogP contribution is 2.60. The Morgan fingerprint density at radius 3 is 1.04 bits per heavy atom. The SMILES string of the molecule is FC(F)(F)C(F)(F)C(C(F)(F)C(F)(F)F)C(F)(F)C(F)(F)CCS. The van der Waals surface area contributed by atoms with E-state index >= 15 is 0 Å². The number of rotatable bonds is 6. The topological polar surface area (TPSA) is 0 Å². The van der Waals surface area contributed by atoms with Crippen molar-refractivity contribution in [3.05, 3.63) is 0 Å². The molecule has 0 N–H and O–H groups in total. The highest BCUT2D eigenvalue weighted by molar-refractivity contribution is 7.80. The van der Waals surface area contributed by atoms with Gasteiger partial charge in [-0.15, -0.1) is 0 Å². The van der Waals surface area contributed by atoms with Gasteiger partial charge in [-0.25, -0.2) is 0 Å². The van der Waals surface area contributed by atoms with Crippen LogP contribution in [0.3, 0.4) is 0 Å². The Labute approximate surface area is 129 Å². The number of halogens is 14. The van der Waals surface area contributed by atoms with E-state index < -0.39 is 54.1 Å². The van der Waals surface area contributed by atoms with E-state index in [2.05, 4.69) is 12.6 Å². The molecule has 146 valence electrons. The predicted molar refractivity (Wildman–Crippen MR) is 53.9 cm³/mol. The maximum Gasteiger partial charge on any atom is 0.454 e. The summed E-state index contributed by atoms with van der Waals surface area (Å²) in [5, 5.41) is 0. The highest BCUT2D eigenvalue weighted by atomic mass is 32.1. The Kier molecular flexibility index (Phi) is 6.10. The van der Waals surface area contributed by atoms with Gasteiger partial charge in [-0.05, 0) is 5.75 Å². The van der Waals surface area contributed by atoms with Crippen LogP contribution in [0.4, 0.5) is 61.5 Å². The van der Waals surface area contributed by atoms with Gasteiger partial charge in [0.2, 0.25) is 0 Å². The van der Waals surface area contributed by atoms with Gasteiger partial charge in [0, 0.05) is 6.42 Å². The van der Waals surface area contributed by atoms with Crippen LogP contribution in [0.25, 0.3) is 0 Å². The first-order chi connectivity index (χ1) is 10.2. The zero-order valence-corrected chi connectivity index (χ0v) is 11.6. The van der Waals surface area contributed by atoms with Gasteiger partial charge in [-0.2, -0.15) is 74.1 Å². The van der Waals surface area contributed by atoms with E-state index in [-0.39, 0.29) is 0 Å². The van der Waals surface area contributed by atoms with E-state index in [9.17, 15) is 61.5 Å². The molecule has 0 saturated heterocycles. The van der Waals surface area contributed by atoms with Crippen molar-refractivity contribution in [1.29, 1.82) is 0 Å². The van der Waals surface area contributed by atoms with Crippen LogP contribution >= 0.6 is 12.6 Å². The summed E-state index contributed by atoms with van der Waals surface area (Å²) in [7, 11) is 0. The van der Waals surface area contributed by atoms with Crippen LogP contribution in [0.1, 0.15) is 6.42 Å². The van der Waals surface area contributed by atoms with Crippen molar-refractivity contribution in [3.63, 3.8) is 0 Å². The van der Waals surface area contributed by atoms with Crippen LogP contribution in [0, 0.1) is 5.92 Å². The van der Waals surface area contributed by atoms with Crippen molar-refractivity contribution in [3.8, 4) is 0 Å². The van der Waals surface area contributed by atoms with Crippen molar-refractivity contribution < 1.29 is 61.5 Å². The predicted octanol–water partition coefficient (Wildman–Crippen LogP) is 5.59. The number of hydrogen-bond donors (Lipinski definition) is 1. The Morgan fingerprint density at radius 1 is 0.542 bits per heavy atom. The largest absolute Gasteiger partial charge is 0.454 e. The van der Waals surface area contributed by atoms with Gasteiger partial charge in [0.25, 0.3) is 0 Å². The molecule has 0 aliphatic rings. The fraction of sp³-hybridized carbons (Fsp3) is 1.00. The molecule has 0 fully saturated rings. The van der Waals surface area contributed by atoms with Gasteiger partial charge in [-0.3, -0.25) is 0 Å². The van der Waals surface area contributed by atoms with Crippen LogP contribution in [0.5, 0.6) is 0 Å². The fourth-order valence-electron chi connectivity index (χ4n) is 1.53. The first-order valence-electron chi connectivity index (χ1n) is 5.43. The van der Waals surface area contributed by atoms with Crippen LogP contribution in [0.15, 0.2) is 0 Å². The third-order valence-corrected chi connectivity index (χ3v) is 2.98. The standard InChI is InChI=1S/C9H6F14S/c10-4(11,1-2-24)5(12,13)3(6(14,15)8(18,19)20)7(16,17)9(21,22)23/h3,24H,1-2H2. The highest BCUT2D eigenvalue weighted by Gasteiger charge is 2.85. The number of alkyl halides is 14. The molecule has 0 aliphatic carbocycles. The molecule has 0 saturated carbocycles. The second-order valence-electron chi connectivity index (χ2n) is 4.48. The van der Waals surface area contributed by atoms with Crippen molar-refractivity contribution >= 4 is 12.6 Å². The Balaban J connectivity index is 6.60. The monoisotopic (exact) mass is 412 g/mol. The Morgan fingerprint density at radius 2 is 0.833 bits per heavy atom. The second-order valence-corrected chi connectivity index (χ2v) is 4.92. The molecule has 0 bridgehead atoms. The molecular formula is C9H6F14S. The number of thiol groups is 1. The van der Waals surface area contributed by atoms with E-state index in [0.29, 0.717) is 0 Å². The Bertz CT molecular complexity index is 407. The fourth-order valence-corrected chi connectivity index (χ4v) is 1.81. The van der Waals surface area contributed by atoms with Gasteiger partial charge < -0.3 is 0 Å². The zero-order valence-electron chi connectivity index (χ0n) is 10.7. The molecule has 0 amide bonds. The first-order valence-corrected chi connectivity index (χ1v) is 6.06. The molecule has 0 unspecified atom stereocenters. The molecule has 15 heteroatoms. The summed E-state index contributed by atoms with van der Waals surface area (Å²) < 4.78 is 177. The summed E-state index contributed by atoms with van der Waals surface area (Å²) in [4.78, 5) is 0. The van der Waals surface area contributed by atoms with Gasteiger partial charge in [0.05, 0.1) is 0 Å². The quantitative estimate of drug-likeness (QED) is 0.427. The van der Waals surface area contributed by atoms with Crippen LogP contribution in [0.2, 0.25) is 0 Å². The van der Waals surface area contributed by atoms with Gasteiger partial charge in [-0.1, -0.05) is 0 Å². The minimum atomic E-state index is -7.49. The average Bonchev–Trinajstić information content (AvgIpc) is 2.23. The summed E-state index contributed by atoms with van der Waals surface area (Å²) in [6.45, 7) is 0.